The normalized spacial score (nSPS) is 14.4. The zero-order valence-electron chi connectivity index (χ0n) is 14.8. The van der Waals surface area contributed by atoms with Crippen LogP contribution in [0.4, 0.5) is 11.4 Å². The molecule has 7 heteroatoms. The molecule has 1 aliphatic rings. The maximum absolute atomic E-state index is 12.4. The largest absolute Gasteiger partial charge is 0.349 e. The monoisotopic (exact) mass is 367 g/mol. The highest BCUT2D eigenvalue weighted by Crippen LogP contribution is 2.19. The van der Waals surface area contributed by atoms with Gasteiger partial charge in [0.15, 0.2) is 0 Å². The molecule has 2 aromatic carbocycles. The van der Waals surface area contributed by atoms with Crippen molar-refractivity contribution in [1.29, 1.82) is 0 Å². The van der Waals surface area contributed by atoms with Crippen LogP contribution in [0, 0.1) is 10.1 Å². The van der Waals surface area contributed by atoms with Gasteiger partial charge >= 0.3 is 0 Å². The van der Waals surface area contributed by atoms with E-state index in [1.54, 1.807) is 24.3 Å². The van der Waals surface area contributed by atoms with Gasteiger partial charge in [-0.05, 0) is 43.2 Å². The van der Waals surface area contributed by atoms with Crippen LogP contribution in [0.3, 0.4) is 0 Å². The fourth-order valence-corrected chi connectivity index (χ4v) is 3.19. The van der Waals surface area contributed by atoms with Crippen molar-refractivity contribution in [3.8, 4) is 0 Å². The van der Waals surface area contributed by atoms with E-state index < -0.39 is 10.8 Å². The average molecular weight is 367 g/mol. The van der Waals surface area contributed by atoms with Crippen molar-refractivity contribution in [2.45, 2.75) is 38.1 Å². The molecule has 2 N–H and O–H groups in total. The zero-order chi connectivity index (χ0) is 19.2. The highest BCUT2D eigenvalue weighted by molar-refractivity contribution is 6.05. The van der Waals surface area contributed by atoms with Crippen molar-refractivity contribution >= 4 is 23.2 Å². The fourth-order valence-electron chi connectivity index (χ4n) is 3.19. The smallest absolute Gasteiger partial charge is 0.269 e. The molecule has 0 radical (unpaired) electrons. The second-order valence-corrected chi connectivity index (χ2v) is 6.65. The van der Waals surface area contributed by atoms with Crippen LogP contribution >= 0.6 is 0 Å². The Balaban J connectivity index is 1.65. The summed E-state index contributed by atoms with van der Waals surface area (Å²) in [5.41, 5.74) is 1.21. The van der Waals surface area contributed by atoms with Crippen molar-refractivity contribution in [3.63, 3.8) is 0 Å². The minimum absolute atomic E-state index is 0.0760. The number of benzene rings is 2. The van der Waals surface area contributed by atoms with E-state index in [1.807, 2.05) is 0 Å². The van der Waals surface area contributed by atoms with E-state index in [0.717, 1.165) is 25.7 Å². The number of nitro benzene ring substituents is 1. The van der Waals surface area contributed by atoms with Crippen LogP contribution in [0.1, 0.15) is 52.8 Å². The summed E-state index contributed by atoms with van der Waals surface area (Å²) < 4.78 is 0. The van der Waals surface area contributed by atoms with Crippen LogP contribution in [-0.2, 0) is 0 Å². The van der Waals surface area contributed by atoms with Crippen LogP contribution in [-0.4, -0.2) is 22.8 Å². The SMILES string of the molecule is O=C(Nc1cccc(C(=O)NC2CCCCC2)c1)c1ccc([N+](=O)[O-])cc1. The second kappa shape index (κ2) is 8.44. The Morgan fingerprint density at radius 2 is 1.63 bits per heavy atom. The lowest BCUT2D eigenvalue weighted by Crippen LogP contribution is -2.36. The van der Waals surface area contributed by atoms with Gasteiger partial charge in [-0.2, -0.15) is 0 Å². The van der Waals surface area contributed by atoms with Crippen molar-refractivity contribution in [2.75, 3.05) is 5.32 Å². The van der Waals surface area contributed by atoms with Crippen LogP contribution in [0.25, 0.3) is 0 Å². The molecule has 0 unspecified atom stereocenters. The fraction of sp³-hybridized carbons (Fsp3) is 0.300. The number of rotatable bonds is 5. The van der Waals surface area contributed by atoms with Crippen molar-refractivity contribution in [1.82, 2.24) is 5.32 Å². The first kappa shape index (κ1) is 18.6. The topological polar surface area (TPSA) is 101 Å². The predicted molar refractivity (Wildman–Crippen MR) is 102 cm³/mol. The van der Waals surface area contributed by atoms with E-state index in [-0.39, 0.29) is 17.6 Å². The molecule has 0 spiro atoms. The second-order valence-electron chi connectivity index (χ2n) is 6.65. The predicted octanol–water partition coefficient (Wildman–Crippen LogP) is 3.91. The number of carbonyl (C=O) groups excluding carboxylic acids is 2. The van der Waals surface area contributed by atoms with E-state index >= 15 is 0 Å². The van der Waals surface area contributed by atoms with Gasteiger partial charge in [0, 0.05) is 35.0 Å². The van der Waals surface area contributed by atoms with Crippen molar-refractivity contribution in [2.24, 2.45) is 0 Å². The van der Waals surface area contributed by atoms with Crippen LogP contribution < -0.4 is 10.6 Å². The average Bonchev–Trinajstić information content (AvgIpc) is 2.69. The molecule has 0 heterocycles. The van der Waals surface area contributed by atoms with Gasteiger partial charge in [-0.15, -0.1) is 0 Å². The van der Waals surface area contributed by atoms with E-state index in [2.05, 4.69) is 10.6 Å². The van der Waals surface area contributed by atoms with Crippen LogP contribution in [0.15, 0.2) is 48.5 Å². The van der Waals surface area contributed by atoms with E-state index in [1.165, 1.54) is 30.7 Å². The highest BCUT2D eigenvalue weighted by Gasteiger charge is 2.17. The molecular formula is C20H21N3O4. The molecule has 0 aromatic heterocycles. The number of carbonyl (C=O) groups is 2. The number of non-ortho nitro benzene ring substituents is 1. The summed E-state index contributed by atoms with van der Waals surface area (Å²) >= 11 is 0. The summed E-state index contributed by atoms with van der Waals surface area (Å²) in [6.07, 6.45) is 5.49. The lowest BCUT2D eigenvalue weighted by Gasteiger charge is -2.22. The summed E-state index contributed by atoms with van der Waals surface area (Å²) in [5, 5.41) is 16.5. The van der Waals surface area contributed by atoms with Gasteiger partial charge in [-0.1, -0.05) is 25.3 Å². The minimum Gasteiger partial charge on any atom is -0.349 e. The maximum Gasteiger partial charge on any atom is 0.269 e. The molecule has 2 amide bonds. The first-order valence-electron chi connectivity index (χ1n) is 8.99. The van der Waals surface area contributed by atoms with Gasteiger partial charge in [-0.25, -0.2) is 0 Å². The van der Waals surface area contributed by atoms with E-state index in [9.17, 15) is 19.7 Å². The van der Waals surface area contributed by atoms with Gasteiger partial charge in [0.25, 0.3) is 17.5 Å². The molecule has 2 aromatic rings. The quantitative estimate of drug-likeness (QED) is 0.618. The van der Waals surface area contributed by atoms with E-state index in [4.69, 9.17) is 0 Å². The Labute approximate surface area is 156 Å². The lowest BCUT2D eigenvalue weighted by molar-refractivity contribution is -0.384. The molecule has 0 atom stereocenters. The molecule has 0 saturated heterocycles. The number of nitrogens with zero attached hydrogens (tertiary/aromatic N) is 1. The third kappa shape index (κ3) is 4.91. The molecule has 1 fully saturated rings. The van der Waals surface area contributed by atoms with Gasteiger partial charge in [-0.3, -0.25) is 19.7 Å². The number of hydrogen-bond acceptors (Lipinski definition) is 4. The Morgan fingerprint density at radius 1 is 0.926 bits per heavy atom. The number of amides is 2. The number of nitro groups is 1. The summed E-state index contributed by atoms with van der Waals surface area (Å²) in [5.74, 6) is -0.539. The van der Waals surface area contributed by atoms with Crippen molar-refractivity contribution in [3.05, 3.63) is 69.8 Å². The Kier molecular flexibility index (Phi) is 5.80. The Hall–Kier alpha value is -3.22. The molecule has 27 heavy (non-hydrogen) atoms. The minimum atomic E-state index is -0.518. The van der Waals surface area contributed by atoms with Gasteiger partial charge in [0.1, 0.15) is 0 Å². The van der Waals surface area contributed by atoms with Gasteiger partial charge in [0.2, 0.25) is 0 Å². The third-order valence-corrected chi connectivity index (χ3v) is 4.66. The number of nitrogens with one attached hydrogen (secondary N) is 2. The third-order valence-electron chi connectivity index (χ3n) is 4.66. The molecule has 3 rings (SSSR count). The summed E-state index contributed by atoms with van der Waals surface area (Å²) in [6, 6.07) is 12.3. The standard InChI is InChI=1S/C20H21N3O4/c24-19(14-9-11-18(12-10-14)23(26)27)22-17-8-4-5-15(13-17)20(25)21-16-6-2-1-3-7-16/h4-5,8-13,16H,1-3,6-7H2,(H,21,25)(H,22,24). The first-order chi connectivity index (χ1) is 13.0. The summed E-state index contributed by atoms with van der Waals surface area (Å²) in [6.45, 7) is 0. The highest BCUT2D eigenvalue weighted by atomic mass is 16.6. The molecule has 1 saturated carbocycles. The summed E-state index contributed by atoms with van der Waals surface area (Å²) in [7, 11) is 0. The first-order valence-corrected chi connectivity index (χ1v) is 8.99. The van der Waals surface area contributed by atoms with Gasteiger partial charge in [0.05, 0.1) is 4.92 Å². The number of hydrogen-bond donors (Lipinski definition) is 2. The Bertz CT molecular complexity index is 843. The van der Waals surface area contributed by atoms with Crippen molar-refractivity contribution < 1.29 is 14.5 Å². The van der Waals surface area contributed by atoms with E-state index in [0.29, 0.717) is 16.8 Å². The Morgan fingerprint density at radius 3 is 2.30 bits per heavy atom. The molecule has 7 nitrogen and oxygen atoms in total. The summed E-state index contributed by atoms with van der Waals surface area (Å²) in [4.78, 5) is 34.9. The maximum atomic E-state index is 12.4. The van der Waals surface area contributed by atoms with Crippen LogP contribution in [0.2, 0.25) is 0 Å². The molecule has 0 aliphatic heterocycles. The molecule has 0 bridgehead atoms. The molecule has 1 aliphatic carbocycles. The lowest BCUT2D eigenvalue weighted by atomic mass is 9.95. The zero-order valence-corrected chi connectivity index (χ0v) is 14.8. The van der Waals surface area contributed by atoms with Gasteiger partial charge < -0.3 is 10.6 Å². The molecule has 140 valence electrons. The molecular weight excluding hydrogens is 346 g/mol. The number of anilines is 1. The van der Waals surface area contributed by atoms with Crippen LogP contribution in [0.5, 0.6) is 0 Å².